The number of allylic oxidation sites excluding steroid dienone is 1. The van der Waals surface area contributed by atoms with Crippen molar-refractivity contribution in [1.29, 1.82) is 0 Å². The van der Waals surface area contributed by atoms with Crippen LogP contribution >= 0.6 is 0 Å². The SMILES string of the molecule is C=CCCCC(NC(=O)OC(C)(C)C)C(=O)Nc1ccc(Oc2ccccc2)cc1. The third-order valence-corrected chi connectivity index (χ3v) is 4.01. The van der Waals surface area contributed by atoms with Crippen LogP contribution in [0.5, 0.6) is 11.5 Å². The molecule has 160 valence electrons. The average Bonchev–Trinajstić information content (AvgIpc) is 2.68. The molecule has 6 heteroatoms. The van der Waals surface area contributed by atoms with Gasteiger partial charge in [-0.2, -0.15) is 0 Å². The molecule has 30 heavy (non-hydrogen) atoms. The van der Waals surface area contributed by atoms with Gasteiger partial charge in [0.05, 0.1) is 0 Å². The highest BCUT2D eigenvalue weighted by Crippen LogP contribution is 2.22. The lowest BCUT2D eigenvalue weighted by molar-refractivity contribution is -0.118. The standard InChI is InChI=1S/C24H30N2O4/c1-5-6-8-13-21(26-23(28)30-24(2,3)4)22(27)25-18-14-16-20(17-15-18)29-19-11-9-7-10-12-19/h5,7,9-12,14-17,21H,1,6,8,13H2,2-4H3,(H,25,27)(H,26,28). The van der Waals surface area contributed by atoms with E-state index in [2.05, 4.69) is 17.2 Å². The van der Waals surface area contributed by atoms with Crippen LogP contribution < -0.4 is 15.4 Å². The number of rotatable bonds is 9. The van der Waals surface area contributed by atoms with E-state index in [-0.39, 0.29) is 5.91 Å². The Morgan fingerprint density at radius 2 is 1.67 bits per heavy atom. The maximum absolute atomic E-state index is 12.7. The molecule has 0 aliphatic carbocycles. The minimum atomic E-state index is -0.708. The first-order chi connectivity index (χ1) is 14.3. The fourth-order valence-electron chi connectivity index (χ4n) is 2.65. The minimum absolute atomic E-state index is 0.304. The molecule has 0 saturated carbocycles. The molecule has 1 atom stereocenters. The predicted molar refractivity (Wildman–Crippen MR) is 119 cm³/mol. The van der Waals surface area contributed by atoms with Crippen LogP contribution in [-0.2, 0) is 9.53 Å². The highest BCUT2D eigenvalue weighted by molar-refractivity contribution is 5.96. The first-order valence-electron chi connectivity index (χ1n) is 10.0. The molecule has 0 spiro atoms. The largest absolute Gasteiger partial charge is 0.457 e. The second-order valence-corrected chi connectivity index (χ2v) is 7.85. The third kappa shape index (κ3) is 8.39. The van der Waals surface area contributed by atoms with Gasteiger partial charge in [-0.1, -0.05) is 24.3 Å². The number of anilines is 1. The number of unbranched alkanes of at least 4 members (excludes halogenated alkanes) is 1. The molecule has 0 aliphatic rings. The van der Waals surface area contributed by atoms with Gasteiger partial charge < -0.3 is 20.1 Å². The number of carbonyl (C=O) groups excluding carboxylic acids is 2. The van der Waals surface area contributed by atoms with E-state index >= 15 is 0 Å². The molecule has 2 N–H and O–H groups in total. The van der Waals surface area contributed by atoms with Crippen molar-refractivity contribution >= 4 is 17.7 Å². The Morgan fingerprint density at radius 1 is 1.03 bits per heavy atom. The lowest BCUT2D eigenvalue weighted by atomic mass is 10.1. The Kier molecular flexibility index (Phi) is 8.47. The van der Waals surface area contributed by atoms with Crippen molar-refractivity contribution in [2.45, 2.75) is 51.7 Å². The van der Waals surface area contributed by atoms with Gasteiger partial charge in [0.15, 0.2) is 0 Å². The maximum Gasteiger partial charge on any atom is 0.408 e. The summed E-state index contributed by atoms with van der Waals surface area (Å²) in [5.41, 5.74) is -0.0269. The molecule has 0 heterocycles. The maximum atomic E-state index is 12.7. The zero-order valence-corrected chi connectivity index (χ0v) is 17.8. The fraction of sp³-hybridized carbons (Fsp3) is 0.333. The molecule has 0 aliphatic heterocycles. The minimum Gasteiger partial charge on any atom is -0.457 e. The van der Waals surface area contributed by atoms with E-state index in [1.807, 2.05) is 30.3 Å². The number of carbonyl (C=O) groups is 2. The van der Waals surface area contributed by atoms with E-state index in [9.17, 15) is 9.59 Å². The van der Waals surface area contributed by atoms with Gasteiger partial charge in [-0.25, -0.2) is 4.79 Å². The monoisotopic (exact) mass is 410 g/mol. The highest BCUT2D eigenvalue weighted by Gasteiger charge is 2.24. The molecular weight excluding hydrogens is 380 g/mol. The van der Waals surface area contributed by atoms with Gasteiger partial charge >= 0.3 is 6.09 Å². The Labute approximate surface area is 178 Å². The lowest BCUT2D eigenvalue weighted by Crippen LogP contribution is -2.45. The summed E-state index contributed by atoms with van der Waals surface area (Å²) in [6.07, 6.45) is 3.13. The topological polar surface area (TPSA) is 76.7 Å². The second-order valence-electron chi connectivity index (χ2n) is 7.85. The molecule has 2 rings (SSSR count). The van der Waals surface area contributed by atoms with Crippen molar-refractivity contribution in [2.75, 3.05) is 5.32 Å². The molecule has 0 saturated heterocycles. The molecule has 2 amide bonds. The molecule has 0 radical (unpaired) electrons. The molecule has 2 aromatic rings. The van der Waals surface area contributed by atoms with Crippen LogP contribution in [0.3, 0.4) is 0 Å². The lowest BCUT2D eigenvalue weighted by Gasteiger charge is -2.23. The van der Waals surface area contributed by atoms with Crippen LogP contribution in [0.15, 0.2) is 67.3 Å². The number of hydrogen-bond donors (Lipinski definition) is 2. The third-order valence-electron chi connectivity index (χ3n) is 4.01. The number of amides is 2. The molecule has 0 aromatic heterocycles. The Hall–Kier alpha value is -3.28. The highest BCUT2D eigenvalue weighted by atomic mass is 16.6. The van der Waals surface area contributed by atoms with Crippen LogP contribution in [0.2, 0.25) is 0 Å². The summed E-state index contributed by atoms with van der Waals surface area (Å²) in [6.45, 7) is 9.02. The number of benzene rings is 2. The van der Waals surface area contributed by atoms with Gasteiger partial charge in [0.2, 0.25) is 5.91 Å². The van der Waals surface area contributed by atoms with Crippen LogP contribution in [0.1, 0.15) is 40.0 Å². The van der Waals surface area contributed by atoms with E-state index in [4.69, 9.17) is 9.47 Å². The van der Waals surface area contributed by atoms with Crippen molar-refractivity contribution in [3.63, 3.8) is 0 Å². The van der Waals surface area contributed by atoms with E-state index in [1.54, 1.807) is 51.1 Å². The zero-order chi connectivity index (χ0) is 22.0. The molecule has 0 bridgehead atoms. The quantitative estimate of drug-likeness (QED) is 0.413. The Bertz CT molecular complexity index is 827. The molecular formula is C24H30N2O4. The van der Waals surface area contributed by atoms with E-state index < -0.39 is 17.7 Å². The second kappa shape index (κ2) is 11.0. The molecule has 6 nitrogen and oxygen atoms in total. The van der Waals surface area contributed by atoms with Gasteiger partial charge in [0.1, 0.15) is 23.1 Å². The normalized spacial score (nSPS) is 11.8. The first-order valence-corrected chi connectivity index (χ1v) is 10.0. The summed E-state index contributed by atoms with van der Waals surface area (Å²) in [7, 11) is 0. The first kappa shape index (κ1) is 23.0. The summed E-state index contributed by atoms with van der Waals surface area (Å²) in [4.78, 5) is 24.9. The summed E-state index contributed by atoms with van der Waals surface area (Å²) in [5.74, 6) is 1.09. The Balaban J connectivity index is 1.98. The van der Waals surface area contributed by atoms with Gasteiger partial charge in [0, 0.05) is 5.69 Å². The van der Waals surface area contributed by atoms with Gasteiger partial charge in [-0.3, -0.25) is 4.79 Å². The number of ether oxygens (including phenoxy) is 2. The van der Waals surface area contributed by atoms with Crippen LogP contribution in [0, 0.1) is 0 Å². The number of alkyl carbamates (subject to hydrolysis) is 1. The summed E-state index contributed by atoms with van der Waals surface area (Å²) < 4.78 is 11.0. The Morgan fingerprint density at radius 3 is 2.27 bits per heavy atom. The van der Waals surface area contributed by atoms with Gasteiger partial charge in [-0.15, -0.1) is 6.58 Å². The smallest absolute Gasteiger partial charge is 0.408 e. The summed E-state index contributed by atoms with van der Waals surface area (Å²) in [6, 6.07) is 15.8. The van der Waals surface area contributed by atoms with E-state index in [1.165, 1.54) is 0 Å². The van der Waals surface area contributed by atoms with Crippen LogP contribution in [0.4, 0.5) is 10.5 Å². The number of hydrogen-bond acceptors (Lipinski definition) is 4. The van der Waals surface area contributed by atoms with Gasteiger partial charge in [-0.05, 0) is 76.4 Å². The van der Waals surface area contributed by atoms with E-state index in [0.29, 0.717) is 17.9 Å². The molecule has 2 aromatic carbocycles. The summed E-state index contributed by atoms with van der Waals surface area (Å²) in [5, 5.41) is 5.50. The van der Waals surface area contributed by atoms with Crippen molar-refractivity contribution in [3.05, 3.63) is 67.3 Å². The fourth-order valence-corrected chi connectivity index (χ4v) is 2.65. The van der Waals surface area contributed by atoms with E-state index in [0.717, 1.165) is 18.6 Å². The molecule has 0 fully saturated rings. The van der Waals surface area contributed by atoms with Crippen molar-refractivity contribution in [1.82, 2.24) is 5.32 Å². The number of nitrogens with one attached hydrogen (secondary N) is 2. The van der Waals surface area contributed by atoms with Gasteiger partial charge in [0.25, 0.3) is 0 Å². The number of para-hydroxylation sites is 1. The predicted octanol–water partition coefficient (Wildman–Crippen LogP) is 5.67. The van der Waals surface area contributed by atoms with Crippen molar-refractivity contribution in [2.24, 2.45) is 0 Å². The van der Waals surface area contributed by atoms with Crippen LogP contribution in [0.25, 0.3) is 0 Å². The average molecular weight is 411 g/mol. The van der Waals surface area contributed by atoms with Crippen molar-refractivity contribution < 1.29 is 19.1 Å². The molecule has 1 unspecified atom stereocenters. The van der Waals surface area contributed by atoms with Crippen molar-refractivity contribution in [3.8, 4) is 11.5 Å². The van der Waals surface area contributed by atoms with Crippen LogP contribution in [-0.4, -0.2) is 23.6 Å². The summed E-state index contributed by atoms with van der Waals surface area (Å²) >= 11 is 0. The zero-order valence-electron chi connectivity index (χ0n) is 17.8.